The van der Waals surface area contributed by atoms with E-state index in [1.165, 1.54) is 11.1 Å². The number of hydrogen-bond acceptors (Lipinski definition) is 3. The molecule has 0 aliphatic rings. The third kappa shape index (κ3) is 5.20. The number of nitrogens with one attached hydrogen (secondary N) is 1. The van der Waals surface area contributed by atoms with Crippen molar-refractivity contribution in [2.75, 3.05) is 20.4 Å². The predicted octanol–water partition coefficient (Wildman–Crippen LogP) is 2.72. The highest BCUT2D eigenvalue weighted by molar-refractivity contribution is 5.36. The van der Waals surface area contributed by atoms with Gasteiger partial charge in [-0.05, 0) is 25.5 Å². The summed E-state index contributed by atoms with van der Waals surface area (Å²) in [4.78, 5) is 0. The van der Waals surface area contributed by atoms with Crippen LogP contribution in [0.25, 0.3) is 0 Å². The van der Waals surface area contributed by atoms with E-state index in [-0.39, 0.29) is 0 Å². The first kappa shape index (κ1) is 14.0. The summed E-state index contributed by atoms with van der Waals surface area (Å²) in [6, 6.07) is 6.20. The molecule has 0 fully saturated rings. The first-order valence-corrected chi connectivity index (χ1v) is 6.05. The maximum absolute atomic E-state index is 5.54. The van der Waals surface area contributed by atoms with E-state index in [2.05, 4.69) is 38.2 Å². The molecule has 0 aliphatic heterocycles. The van der Waals surface area contributed by atoms with Gasteiger partial charge in [-0.15, -0.1) is 0 Å². The highest BCUT2D eigenvalue weighted by atomic mass is 16.7. The topological polar surface area (TPSA) is 30.5 Å². The number of methoxy groups -OCH3 is 1. The van der Waals surface area contributed by atoms with Gasteiger partial charge in [0, 0.05) is 19.2 Å². The van der Waals surface area contributed by atoms with Crippen LogP contribution in [-0.2, 0) is 11.3 Å². The Kier molecular flexibility index (Phi) is 6.01. The van der Waals surface area contributed by atoms with Crippen molar-refractivity contribution in [1.82, 2.24) is 5.32 Å². The van der Waals surface area contributed by atoms with Crippen molar-refractivity contribution in [3.63, 3.8) is 0 Å². The van der Waals surface area contributed by atoms with Gasteiger partial charge in [-0.1, -0.05) is 31.5 Å². The zero-order valence-corrected chi connectivity index (χ0v) is 11.2. The summed E-state index contributed by atoms with van der Waals surface area (Å²) in [5.74, 6) is 1.55. The normalized spacial score (nSPS) is 10.9. The van der Waals surface area contributed by atoms with Gasteiger partial charge in [0.1, 0.15) is 5.75 Å². The minimum atomic E-state index is 0.292. The van der Waals surface area contributed by atoms with Crippen molar-refractivity contribution in [2.45, 2.75) is 27.3 Å². The van der Waals surface area contributed by atoms with Gasteiger partial charge in [-0.2, -0.15) is 0 Å². The average molecular weight is 237 g/mol. The minimum absolute atomic E-state index is 0.292. The Balaban J connectivity index is 2.62. The van der Waals surface area contributed by atoms with E-state index in [9.17, 15) is 0 Å². The first-order valence-electron chi connectivity index (χ1n) is 6.05. The van der Waals surface area contributed by atoms with Crippen LogP contribution in [-0.4, -0.2) is 20.4 Å². The van der Waals surface area contributed by atoms with Crippen LogP contribution in [0.2, 0.25) is 0 Å². The van der Waals surface area contributed by atoms with Crippen LogP contribution in [0.1, 0.15) is 25.0 Å². The fourth-order valence-corrected chi connectivity index (χ4v) is 1.61. The van der Waals surface area contributed by atoms with E-state index in [1.54, 1.807) is 7.11 Å². The molecule has 96 valence electrons. The molecule has 0 unspecified atom stereocenters. The van der Waals surface area contributed by atoms with Crippen LogP contribution >= 0.6 is 0 Å². The van der Waals surface area contributed by atoms with Crippen LogP contribution in [0.15, 0.2) is 18.2 Å². The van der Waals surface area contributed by atoms with Crippen LogP contribution in [0.5, 0.6) is 5.75 Å². The standard InChI is InChI=1S/C14H23NO2/c1-11(2)8-15-9-13-7-12(3)5-6-14(13)17-10-16-4/h5-7,11,15H,8-10H2,1-4H3. The molecule has 0 saturated heterocycles. The first-order chi connectivity index (χ1) is 8.13. The second-order valence-corrected chi connectivity index (χ2v) is 4.69. The fourth-order valence-electron chi connectivity index (χ4n) is 1.61. The number of benzene rings is 1. The Morgan fingerprint density at radius 3 is 2.71 bits per heavy atom. The van der Waals surface area contributed by atoms with Gasteiger partial charge in [0.15, 0.2) is 6.79 Å². The maximum Gasteiger partial charge on any atom is 0.188 e. The number of ether oxygens (including phenoxy) is 2. The highest BCUT2D eigenvalue weighted by Crippen LogP contribution is 2.20. The van der Waals surface area contributed by atoms with Gasteiger partial charge in [-0.3, -0.25) is 0 Å². The summed E-state index contributed by atoms with van der Waals surface area (Å²) >= 11 is 0. The predicted molar refractivity (Wildman–Crippen MR) is 70.2 cm³/mol. The lowest BCUT2D eigenvalue weighted by Crippen LogP contribution is -2.19. The van der Waals surface area contributed by atoms with E-state index < -0.39 is 0 Å². The van der Waals surface area contributed by atoms with E-state index >= 15 is 0 Å². The smallest absolute Gasteiger partial charge is 0.188 e. The summed E-state index contributed by atoms with van der Waals surface area (Å²) in [7, 11) is 1.63. The molecular weight excluding hydrogens is 214 g/mol. The molecule has 0 heterocycles. The molecule has 17 heavy (non-hydrogen) atoms. The third-order valence-corrected chi connectivity index (χ3v) is 2.42. The quantitative estimate of drug-likeness (QED) is 0.740. The van der Waals surface area contributed by atoms with Crippen LogP contribution in [0.4, 0.5) is 0 Å². The van der Waals surface area contributed by atoms with Crippen molar-refractivity contribution >= 4 is 0 Å². The maximum atomic E-state index is 5.54. The molecule has 3 nitrogen and oxygen atoms in total. The van der Waals surface area contributed by atoms with Gasteiger partial charge in [-0.25, -0.2) is 0 Å². The molecule has 1 rings (SSSR count). The SMILES string of the molecule is COCOc1ccc(C)cc1CNCC(C)C. The fraction of sp³-hybridized carbons (Fsp3) is 0.571. The summed E-state index contributed by atoms with van der Waals surface area (Å²) in [5.41, 5.74) is 2.43. The molecule has 1 N–H and O–H groups in total. The Bertz CT molecular complexity index is 337. The molecule has 0 amide bonds. The van der Waals surface area contributed by atoms with E-state index in [1.807, 2.05) is 6.07 Å². The largest absolute Gasteiger partial charge is 0.467 e. The van der Waals surface area contributed by atoms with Crippen molar-refractivity contribution < 1.29 is 9.47 Å². The molecular formula is C14H23NO2. The molecule has 1 aromatic carbocycles. The van der Waals surface area contributed by atoms with Gasteiger partial charge in [0.25, 0.3) is 0 Å². The van der Waals surface area contributed by atoms with E-state index in [0.29, 0.717) is 12.7 Å². The third-order valence-electron chi connectivity index (χ3n) is 2.42. The number of rotatable bonds is 7. The van der Waals surface area contributed by atoms with Crippen molar-refractivity contribution in [3.05, 3.63) is 29.3 Å². The van der Waals surface area contributed by atoms with Gasteiger partial charge in [0.2, 0.25) is 0 Å². The summed E-state index contributed by atoms with van der Waals surface area (Å²) in [6.45, 7) is 8.63. The van der Waals surface area contributed by atoms with E-state index in [0.717, 1.165) is 18.8 Å². The molecule has 1 aromatic rings. The summed E-state index contributed by atoms with van der Waals surface area (Å²) in [5, 5.41) is 3.42. The van der Waals surface area contributed by atoms with Crippen LogP contribution < -0.4 is 10.1 Å². The highest BCUT2D eigenvalue weighted by Gasteiger charge is 2.04. The van der Waals surface area contributed by atoms with Crippen molar-refractivity contribution in [2.24, 2.45) is 5.92 Å². The average Bonchev–Trinajstić information content (AvgIpc) is 2.27. The lowest BCUT2D eigenvalue weighted by molar-refractivity contribution is 0.0503. The lowest BCUT2D eigenvalue weighted by atomic mass is 10.1. The zero-order valence-electron chi connectivity index (χ0n) is 11.2. The molecule has 0 bridgehead atoms. The minimum Gasteiger partial charge on any atom is -0.467 e. The van der Waals surface area contributed by atoms with E-state index in [4.69, 9.17) is 9.47 Å². The molecule has 0 atom stereocenters. The van der Waals surface area contributed by atoms with Gasteiger partial charge >= 0.3 is 0 Å². The van der Waals surface area contributed by atoms with Gasteiger partial charge < -0.3 is 14.8 Å². The lowest BCUT2D eigenvalue weighted by Gasteiger charge is -2.13. The Morgan fingerprint density at radius 1 is 1.29 bits per heavy atom. The second-order valence-electron chi connectivity index (χ2n) is 4.69. The zero-order chi connectivity index (χ0) is 12.7. The van der Waals surface area contributed by atoms with Crippen LogP contribution in [0.3, 0.4) is 0 Å². The Hall–Kier alpha value is -1.06. The molecule has 3 heteroatoms. The number of hydrogen-bond donors (Lipinski definition) is 1. The van der Waals surface area contributed by atoms with Crippen LogP contribution in [0, 0.1) is 12.8 Å². The van der Waals surface area contributed by atoms with Crippen molar-refractivity contribution in [1.29, 1.82) is 0 Å². The van der Waals surface area contributed by atoms with Crippen molar-refractivity contribution in [3.8, 4) is 5.75 Å². The second kappa shape index (κ2) is 7.30. The van der Waals surface area contributed by atoms with Gasteiger partial charge in [0.05, 0.1) is 0 Å². The Morgan fingerprint density at radius 2 is 2.06 bits per heavy atom. The molecule has 0 aromatic heterocycles. The number of aryl methyl sites for hydroxylation is 1. The Labute approximate surface area is 104 Å². The molecule has 0 saturated carbocycles. The molecule has 0 radical (unpaired) electrons. The summed E-state index contributed by atoms with van der Waals surface area (Å²) < 4.78 is 10.5. The monoisotopic (exact) mass is 237 g/mol. The molecule has 0 aliphatic carbocycles. The summed E-state index contributed by atoms with van der Waals surface area (Å²) in [6.07, 6.45) is 0. The molecule has 0 spiro atoms.